The van der Waals surface area contributed by atoms with Crippen LogP contribution in [0.5, 0.6) is 0 Å². The van der Waals surface area contributed by atoms with Gasteiger partial charge in [0.15, 0.2) is 0 Å². The molecular weight excluding hydrogens is 338 g/mol. The molecule has 6 heteroatoms. The highest BCUT2D eigenvalue weighted by Gasteiger charge is 2.27. The van der Waals surface area contributed by atoms with Gasteiger partial charge in [-0.3, -0.25) is 0 Å². The highest BCUT2D eigenvalue weighted by molar-refractivity contribution is 14.1. The van der Waals surface area contributed by atoms with Crippen molar-refractivity contribution in [1.82, 2.24) is 0 Å². The van der Waals surface area contributed by atoms with Crippen LogP contribution in [0.1, 0.15) is 13.3 Å². The average Bonchev–Trinajstić information content (AvgIpc) is 2.33. The van der Waals surface area contributed by atoms with Crippen LogP contribution in [0, 0.1) is 9.39 Å². The van der Waals surface area contributed by atoms with Gasteiger partial charge in [0.2, 0.25) is 0 Å². The van der Waals surface area contributed by atoms with Crippen LogP contribution in [-0.4, -0.2) is 29.0 Å². The van der Waals surface area contributed by atoms with Crippen molar-refractivity contribution in [2.75, 3.05) is 24.3 Å². The number of nitrogens with one attached hydrogen (secondary N) is 1. The van der Waals surface area contributed by atoms with Gasteiger partial charge in [0.05, 0.1) is 33.7 Å². The molecule has 17 heavy (non-hydrogen) atoms. The van der Waals surface area contributed by atoms with Gasteiger partial charge in [-0.25, -0.2) is 4.39 Å². The summed E-state index contributed by atoms with van der Waals surface area (Å²) in [6.07, 6.45) is 0.493. The Morgan fingerprint density at radius 2 is 2.00 bits per heavy atom. The van der Waals surface area contributed by atoms with Crippen LogP contribution >= 0.6 is 22.6 Å². The molecule has 0 bridgehead atoms. The lowest BCUT2D eigenvalue weighted by atomic mass is 9.98. The highest BCUT2D eigenvalue weighted by atomic mass is 127. The number of aliphatic hydroxyl groups excluding tert-OH is 2. The number of hydrogen-bond acceptors (Lipinski definition) is 4. The van der Waals surface area contributed by atoms with Gasteiger partial charge < -0.3 is 21.3 Å². The number of hydrogen-bond donors (Lipinski definition) is 4. The largest absolute Gasteiger partial charge is 0.397 e. The van der Waals surface area contributed by atoms with Crippen LogP contribution in [0.15, 0.2) is 12.1 Å². The summed E-state index contributed by atoms with van der Waals surface area (Å²) in [5.74, 6) is -0.386. The molecule has 0 heterocycles. The second kappa shape index (κ2) is 5.83. The third kappa shape index (κ3) is 3.20. The molecular formula is C11H16FIN2O2. The fourth-order valence-electron chi connectivity index (χ4n) is 1.40. The Kier molecular flexibility index (Phi) is 4.96. The molecule has 0 unspecified atom stereocenters. The summed E-state index contributed by atoms with van der Waals surface area (Å²) in [7, 11) is 0. The van der Waals surface area contributed by atoms with Crippen molar-refractivity contribution in [1.29, 1.82) is 0 Å². The maximum absolute atomic E-state index is 13.4. The van der Waals surface area contributed by atoms with Gasteiger partial charge in [-0.15, -0.1) is 0 Å². The molecule has 5 N–H and O–H groups in total. The maximum Gasteiger partial charge on any atom is 0.138 e. The fraction of sp³-hybridized carbons (Fsp3) is 0.455. The van der Waals surface area contributed by atoms with Gasteiger partial charge in [-0.05, 0) is 35.1 Å². The van der Waals surface area contributed by atoms with Gasteiger partial charge in [0, 0.05) is 6.07 Å². The molecule has 0 fully saturated rings. The molecule has 0 spiro atoms. The first kappa shape index (κ1) is 14.5. The van der Waals surface area contributed by atoms with E-state index >= 15 is 0 Å². The average molecular weight is 354 g/mol. The zero-order valence-electron chi connectivity index (χ0n) is 9.50. The molecule has 1 aromatic carbocycles. The second-order valence-corrected chi connectivity index (χ2v) is 5.09. The van der Waals surface area contributed by atoms with Crippen molar-refractivity contribution in [2.24, 2.45) is 0 Å². The minimum absolute atomic E-state index is 0.257. The van der Waals surface area contributed by atoms with Crippen molar-refractivity contribution < 1.29 is 14.6 Å². The fourth-order valence-corrected chi connectivity index (χ4v) is 1.89. The SMILES string of the molecule is CCC(CO)(CO)Nc1cc(F)c(I)cc1N. The van der Waals surface area contributed by atoms with E-state index in [1.165, 1.54) is 12.1 Å². The molecule has 0 radical (unpaired) electrons. The summed E-state index contributed by atoms with van der Waals surface area (Å²) < 4.78 is 13.8. The third-order valence-electron chi connectivity index (χ3n) is 2.77. The Morgan fingerprint density at radius 1 is 1.41 bits per heavy atom. The van der Waals surface area contributed by atoms with Crippen molar-refractivity contribution in [3.05, 3.63) is 21.5 Å². The number of benzene rings is 1. The van der Waals surface area contributed by atoms with Gasteiger partial charge in [0.25, 0.3) is 0 Å². The number of halogens is 2. The number of aliphatic hydroxyl groups is 2. The number of nitrogens with two attached hydrogens (primary N) is 1. The summed E-state index contributed by atoms with van der Waals surface area (Å²) in [6.45, 7) is 1.30. The molecule has 0 aliphatic carbocycles. The maximum atomic E-state index is 13.4. The lowest BCUT2D eigenvalue weighted by Crippen LogP contribution is -2.45. The molecule has 0 aliphatic heterocycles. The third-order valence-corrected chi connectivity index (χ3v) is 3.60. The molecule has 0 aliphatic rings. The Labute approximate surface area is 113 Å². The van der Waals surface area contributed by atoms with Crippen molar-refractivity contribution >= 4 is 34.0 Å². The van der Waals surface area contributed by atoms with Gasteiger partial charge in [0.1, 0.15) is 5.82 Å². The molecule has 0 saturated heterocycles. The van der Waals surface area contributed by atoms with Crippen molar-refractivity contribution in [3.8, 4) is 0 Å². The second-order valence-electron chi connectivity index (χ2n) is 3.93. The smallest absolute Gasteiger partial charge is 0.138 e. The van der Waals surface area contributed by atoms with E-state index in [0.29, 0.717) is 21.4 Å². The number of rotatable bonds is 5. The highest BCUT2D eigenvalue weighted by Crippen LogP contribution is 2.27. The van der Waals surface area contributed by atoms with Gasteiger partial charge in [-0.2, -0.15) is 0 Å². The minimum Gasteiger partial charge on any atom is -0.397 e. The van der Waals surface area contributed by atoms with Crippen LogP contribution in [0.25, 0.3) is 0 Å². The Morgan fingerprint density at radius 3 is 2.47 bits per heavy atom. The zero-order chi connectivity index (χ0) is 13.1. The van der Waals surface area contributed by atoms with Crippen LogP contribution in [0.3, 0.4) is 0 Å². The molecule has 1 rings (SSSR count). The van der Waals surface area contributed by atoms with Crippen LogP contribution in [0.4, 0.5) is 15.8 Å². The van der Waals surface area contributed by atoms with E-state index in [4.69, 9.17) is 5.73 Å². The minimum atomic E-state index is -0.882. The van der Waals surface area contributed by atoms with Gasteiger partial charge in [-0.1, -0.05) is 6.92 Å². The quantitative estimate of drug-likeness (QED) is 0.478. The van der Waals surface area contributed by atoms with Crippen LogP contribution in [0.2, 0.25) is 0 Å². The van der Waals surface area contributed by atoms with Crippen LogP contribution in [-0.2, 0) is 0 Å². The summed E-state index contributed by atoms with van der Waals surface area (Å²) in [5.41, 5.74) is 5.65. The number of nitrogen functional groups attached to an aromatic ring is 1. The Hall–Kier alpha value is -0.600. The van der Waals surface area contributed by atoms with E-state index in [9.17, 15) is 14.6 Å². The summed E-state index contributed by atoms with van der Waals surface area (Å²) in [4.78, 5) is 0. The molecule has 0 atom stereocenters. The zero-order valence-corrected chi connectivity index (χ0v) is 11.7. The van der Waals surface area contributed by atoms with E-state index in [-0.39, 0.29) is 19.0 Å². The Balaban J connectivity index is 3.05. The first-order valence-corrected chi connectivity index (χ1v) is 6.30. The van der Waals surface area contributed by atoms with Crippen LogP contribution < -0.4 is 11.1 Å². The summed E-state index contributed by atoms with van der Waals surface area (Å²) >= 11 is 1.85. The van der Waals surface area contributed by atoms with Crippen molar-refractivity contribution in [3.63, 3.8) is 0 Å². The first-order valence-electron chi connectivity index (χ1n) is 5.22. The monoisotopic (exact) mass is 354 g/mol. The van der Waals surface area contributed by atoms with E-state index in [1.807, 2.05) is 29.5 Å². The van der Waals surface area contributed by atoms with E-state index < -0.39 is 5.54 Å². The molecule has 0 amide bonds. The number of anilines is 2. The molecule has 0 aromatic heterocycles. The first-order chi connectivity index (χ1) is 7.98. The van der Waals surface area contributed by atoms with E-state index in [0.717, 1.165) is 0 Å². The molecule has 96 valence electrons. The summed E-state index contributed by atoms with van der Waals surface area (Å²) in [6, 6.07) is 2.78. The topological polar surface area (TPSA) is 78.5 Å². The van der Waals surface area contributed by atoms with E-state index in [2.05, 4.69) is 5.32 Å². The molecule has 4 nitrogen and oxygen atoms in total. The lowest BCUT2D eigenvalue weighted by molar-refractivity contribution is 0.132. The predicted octanol–water partition coefficient (Wildman–Crippen LogP) is 1.56. The molecule has 1 aromatic rings. The lowest BCUT2D eigenvalue weighted by Gasteiger charge is -2.31. The summed E-state index contributed by atoms with van der Waals surface area (Å²) in [5, 5.41) is 21.5. The predicted molar refractivity (Wildman–Crippen MR) is 74.3 cm³/mol. The standard InChI is InChI=1S/C11H16FIN2O2/c1-2-11(5-16,6-17)15-10-3-7(12)8(13)4-9(10)14/h3-4,15-17H,2,5-6,14H2,1H3. The Bertz CT molecular complexity index is 389. The van der Waals surface area contributed by atoms with Crippen molar-refractivity contribution in [2.45, 2.75) is 18.9 Å². The molecule has 0 saturated carbocycles. The van der Waals surface area contributed by atoms with Gasteiger partial charge >= 0.3 is 0 Å². The van der Waals surface area contributed by atoms with E-state index in [1.54, 1.807) is 0 Å². The normalized spacial score (nSPS) is 11.6.